The van der Waals surface area contributed by atoms with Crippen LogP contribution in [-0.2, 0) is 9.59 Å². The van der Waals surface area contributed by atoms with Gasteiger partial charge in [0.15, 0.2) is 0 Å². The maximum atomic E-state index is 11.9. The molecule has 0 aromatic heterocycles. The highest BCUT2D eigenvalue weighted by Crippen LogP contribution is 2.11. The standard InChI is InChI=1S/C11H19N3O2/c1-13-5-6-14(8-11(13)16)10(15)7-9-3-2-4-12-9/h9,12H,2-8H2,1H3. The molecule has 16 heavy (non-hydrogen) atoms. The summed E-state index contributed by atoms with van der Waals surface area (Å²) in [5.74, 6) is 0.153. The van der Waals surface area contributed by atoms with Gasteiger partial charge in [0.05, 0.1) is 6.54 Å². The summed E-state index contributed by atoms with van der Waals surface area (Å²) >= 11 is 0. The second-order valence-corrected chi connectivity index (χ2v) is 4.63. The van der Waals surface area contributed by atoms with Gasteiger partial charge in [-0.2, -0.15) is 0 Å². The fourth-order valence-electron chi connectivity index (χ4n) is 2.24. The Morgan fingerprint density at radius 1 is 1.50 bits per heavy atom. The molecule has 0 aromatic rings. The molecule has 0 bridgehead atoms. The topological polar surface area (TPSA) is 52.6 Å². The van der Waals surface area contributed by atoms with Gasteiger partial charge < -0.3 is 15.1 Å². The van der Waals surface area contributed by atoms with Gasteiger partial charge in [-0.05, 0) is 19.4 Å². The van der Waals surface area contributed by atoms with Crippen LogP contribution in [-0.4, -0.2) is 60.9 Å². The van der Waals surface area contributed by atoms with Crippen molar-refractivity contribution in [1.29, 1.82) is 0 Å². The maximum Gasteiger partial charge on any atom is 0.241 e. The largest absolute Gasteiger partial charge is 0.342 e. The van der Waals surface area contributed by atoms with Crippen molar-refractivity contribution in [3.05, 3.63) is 0 Å². The van der Waals surface area contributed by atoms with Crippen LogP contribution in [0.5, 0.6) is 0 Å². The molecular formula is C11H19N3O2. The molecule has 0 aromatic carbocycles. The predicted octanol–water partition coefficient (Wildman–Crippen LogP) is -0.571. The number of nitrogens with zero attached hydrogens (tertiary/aromatic N) is 2. The Labute approximate surface area is 95.8 Å². The number of carbonyl (C=O) groups excluding carboxylic acids is 2. The summed E-state index contributed by atoms with van der Waals surface area (Å²) in [6, 6.07) is 0.322. The van der Waals surface area contributed by atoms with E-state index in [-0.39, 0.29) is 18.4 Å². The van der Waals surface area contributed by atoms with E-state index in [1.807, 2.05) is 0 Å². The minimum Gasteiger partial charge on any atom is -0.342 e. The first kappa shape index (κ1) is 11.4. The van der Waals surface area contributed by atoms with Crippen LogP contribution in [0.4, 0.5) is 0 Å². The molecule has 2 aliphatic heterocycles. The highest BCUT2D eigenvalue weighted by atomic mass is 16.2. The van der Waals surface area contributed by atoms with Crippen LogP contribution >= 0.6 is 0 Å². The quantitative estimate of drug-likeness (QED) is 0.684. The first-order valence-electron chi connectivity index (χ1n) is 5.92. The van der Waals surface area contributed by atoms with Gasteiger partial charge in [0.2, 0.25) is 11.8 Å². The van der Waals surface area contributed by atoms with Gasteiger partial charge in [-0.25, -0.2) is 0 Å². The van der Waals surface area contributed by atoms with Crippen LogP contribution < -0.4 is 5.32 Å². The molecule has 0 saturated carbocycles. The van der Waals surface area contributed by atoms with Crippen LogP contribution in [0.25, 0.3) is 0 Å². The van der Waals surface area contributed by atoms with Gasteiger partial charge in [-0.1, -0.05) is 0 Å². The second kappa shape index (κ2) is 4.82. The average Bonchev–Trinajstić information content (AvgIpc) is 2.74. The maximum absolute atomic E-state index is 11.9. The fraction of sp³-hybridized carbons (Fsp3) is 0.818. The van der Waals surface area contributed by atoms with E-state index in [9.17, 15) is 9.59 Å². The molecule has 1 atom stereocenters. The van der Waals surface area contributed by atoms with E-state index in [1.54, 1.807) is 16.8 Å². The van der Waals surface area contributed by atoms with Crippen molar-refractivity contribution in [2.45, 2.75) is 25.3 Å². The van der Waals surface area contributed by atoms with Gasteiger partial charge in [-0.15, -0.1) is 0 Å². The number of hydrogen-bond acceptors (Lipinski definition) is 3. The summed E-state index contributed by atoms with van der Waals surface area (Å²) < 4.78 is 0. The number of piperazine rings is 1. The van der Waals surface area contributed by atoms with Gasteiger partial charge in [0.1, 0.15) is 0 Å². The zero-order valence-electron chi connectivity index (χ0n) is 9.74. The Balaban J connectivity index is 1.82. The van der Waals surface area contributed by atoms with E-state index in [0.717, 1.165) is 19.4 Å². The molecule has 1 unspecified atom stereocenters. The lowest BCUT2D eigenvalue weighted by atomic mass is 10.1. The van der Waals surface area contributed by atoms with E-state index >= 15 is 0 Å². The molecular weight excluding hydrogens is 206 g/mol. The number of hydrogen-bond donors (Lipinski definition) is 1. The predicted molar refractivity (Wildman–Crippen MR) is 59.9 cm³/mol. The molecule has 5 nitrogen and oxygen atoms in total. The van der Waals surface area contributed by atoms with Crippen molar-refractivity contribution >= 4 is 11.8 Å². The van der Waals surface area contributed by atoms with E-state index in [0.29, 0.717) is 25.6 Å². The summed E-state index contributed by atoms with van der Waals surface area (Å²) in [7, 11) is 1.78. The lowest BCUT2D eigenvalue weighted by Gasteiger charge is -2.32. The Hall–Kier alpha value is -1.10. The van der Waals surface area contributed by atoms with Gasteiger partial charge in [-0.3, -0.25) is 9.59 Å². The Morgan fingerprint density at radius 2 is 2.31 bits per heavy atom. The molecule has 2 saturated heterocycles. The molecule has 2 fully saturated rings. The van der Waals surface area contributed by atoms with Crippen molar-refractivity contribution in [1.82, 2.24) is 15.1 Å². The van der Waals surface area contributed by atoms with Gasteiger partial charge in [0, 0.05) is 32.6 Å². The van der Waals surface area contributed by atoms with E-state index in [4.69, 9.17) is 0 Å². The summed E-state index contributed by atoms with van der Waals surface area (Å²) in [4.78, 5) is 26.7. The highest BCUT2D eigenvalue weighted by molar-refractivity contribution is 5.86. The van der Waals surface area contributed by atoms with Gasteiger partial charge >= 0.3 is 0 Å². The summed E-state index contributed by atoms with van der Waals surface area (Å²) in [6.07, 6.45) is 2.77. The third kappa shape index (κ3) is 2.52. The zero-order valence-corrected chi connectivity index (χ0v) is 9.74. The first-order valence-corrected chi connectivity index (χ1v) is 5.92. The van der Waals surface area contributed by atoms with E-state index < -0.39 is 0 Å². The van der Waals surface area contributed by atoms with Crippen molar-refractivity contribution in [2.24, 2.45) is 0 Å². The molecule has 2 aliphatic rings. The lowest BCUT2D eigenvalue weighted by Crippen LogP contribution is -2.51. The smallest absolute Gasteiger partial charge is 0.241 e. The molecule has 1 N–H and O–H groups in total. The van der Waals surface area contributed by atoms with Crippen molar-refractivity contribution in [2.75, 3.05) is 33.2 Å². The molecule has 90 valence electrons. The summed E-state index contributed by atoms with van der Waals surface area (Å²) in [6.45, 7) is 2.60. The first-order chi connectivity index (χ1) is 7.66. The Bertz CT molecular complexity index is 287. The number of nitrogens with one attached hydrogen (secondary N) is 1. The third-order valence-electron chi connectivity index (χ3n) is 3.39. The minimum absolute atomic E-state index is 0.0407. The third-order valence-corrected chi connectivity index (χ3v) is 3.39. The molecule has 0 aliphatic carbocycles. The minimum atomic E-state index is 0.0407. The van der Waals surface area contributed by atoms with E-state index in [2.05, 4.69) is 5.32 Å². The number of carbonyl (C=O) groups is 2. The average molecular weight is 225 g/mol. The van der Waals surface area contributed by atoms with E-state index in [1.165, 1.54) is 0 Å². The zero-order chi connectivity index (χ0) is 11.5. The monoisotopic (exact) mass is 225 g/mol. The van der Waals surface area contributed by atoms with Crippen LogP contribution in [0.2, 0.25) is 0 Å². The number of rotatable bonds is 2. The van der Waals surface area contributed by atoms with Crippen molar-refractivity contribution in [3.8, 4) is 0 Å². The van der Waals surface area contributed by atoms with Crippen LogP contribution in [0.15, 0.2) is 0 Å². The van der Waals surface area contributed by atoms with Crippen LogP contribution in [0, 0.1) is 0 Å². The van der Waals surface area contributed by atoms with Gasteiger partial charge in [0.25, 0.3) is 0 Å². The molecule has 2 amide bonds. The number of likely N-dealkylation sites (N-methyl/N-ethyl adjacent to an activating group) is 1. The summed E-state index contributed by atoms with van der Waals surface area (Å²) in [5.41, 5.74) is 0. The van der Waals surface area contributed by atoms with Crippen LogP contribution in [0.3, 0.4) is 0 Å². The van der Waals surface area contributed by atoms with Crippen molar-refractivity contribution < 1.29 is 9.59 Å². The fourth-order valence-corrected chi connectivity index (χ4v) is 2.24. The molecule has 0 radical (unpaired) electrons. The number of amides is 2. The molecule has 2 rings (SSSR count). The Kier molecular flexibility index (Phi) is 3.43. The normalized spacial score (nSPS) is 26.3. The van der Waals surface area contributed by atoms with Crippen LogP contribution in [0.1, 0.15) is 19.3 Å². The molecule has 2 heterocycles. The lowest BCUT2D eigenvalue weighted by molar-refractivity contribution is -0.144. The molecule has 0 spiro atoms. The highest BCUT2D eigenvalue weighted by Gasteiger charge is 2.27. The van der Waals surface area contributed by atoms with Crippen molar-refractivity contribution in [3.63, 3.8) is 0 Å². The summed E-state index contributed by atoms with van der Waals surface area (Å²) in [5, 5.41) is 3.30. The SMILES string of the molecule is CN1CCN(C(=O)CC2CCCN2)CC1=O. The molecule has 5 heteroatoms. The Morgan fingerprint density at radius 3 is 2.94 bits per heavy atom. The second-order valence-electron chi connectivity index (χ2n) is 4.63.